The van der Waals surface area contributed by atoms with Gasteiger partial charge in [0.2, 0.25) is 11.8 Å². The van der Waals surface area contributed by atoms with Crippen molar-refractivity contribution in [3.05, 3.63) is 29.3 Å². The van der Waals surface area contributed by atoms with Gasteiger partial charge in [0.05, 0.1) is 6.42 Å². The van der Waals surface area contributed by atoms with E-state index >= 15 is 0 Å². The number of benzene rings is 1. The smallest absolute Gasteiger partial charge is 0.408 e. The van der Waals surface area contributed by atoms with Gasteiger partial charge in [0.1, 0.15) is 17.4 Å². The topological polar surface area (TPSA) is 151 Å². The third-order valence-corrected chi connectivity index (χ3v) is 4.95. The Balaban J connectivity index is 3.47. The fraction of sp³-hybridized carbons (Fsp3) is 0.520. The number of nitrogens with one attached hydrogen (secondary N) is 2. The molecule has 192 valence electrons. The Morgan fingerprint density at radius 1 is 1.23 bits per heavy atom. The highest BCUT2D eigenvalue weighted by Gasteiger charge is 2.38. The van der Waals surface area contributed by atoms with Gasteiger partial charge in [-0.15, -0.1) is 0 Å². The molecule has 1 rings (SSSR count). The van der Waals surface area contributed by atoms with Crippen LogP contribution >= 0.6 is 0 Å². The Kier molecular flexibility index (Phi) is 10.6. The number of carbonyl (C=O) groups excluding carboxylic acids is 4. The first-order valence-corrected chi connectivity index (χ1v) is 11.4. The zero-order valence-corrected chi connectivity index (χ0v) is 21.2. The van der Waals surface area contributed by atoms with E-state index in [1.807, 2.05) is 6.92 Å². The van der Waals surface area contributed by atoms with Crippen molar-refractivity contribution in [1.29, 1.82) is 0 Å². The Morgan fingerprint density at radius 3 is 2.37 bits per heavy atom. The van der Waals surface area contributed by atoms with E-state index in [0.717, 1.165) is 11.3 Å². The molecule has 0 fully saturated rings. The highest BCUT2D eigenvalue weighted by Crippen LogP contribution is 2.32. The van der Waals surface area contributed by atoms with Crippen molar-refractivity contribution >= 4 is 23.8 Å². The minimum absolute atomic E-state index is 0.0904. The van der Waals surface area contributed by atoms with E-state index in [-0.39, 0.29) is 17.4 Å². The van der Waals surface area contributed by atoms with Crippen molar-refractivity contribution in [2.45, 2.75) is 84.5 Å². The molecule has 10 nitrogen and oxygen atoms in total. The average molecular weight is 489 g/mol. The Hall–Kier alpha value is -3.74. The van der Waals surface area contributed by atoms with Crippen molar-refractivity contribution < 1.29 is 29.0 Å². The minimum atomic E-state index is -1.51. The summed E-state index contributed by atoms with van der Waals surface area (Å²) >= 11 is 0. The second-order valence-electron chi connectivity index (χ2n) is 9.32. The normalized spacial score (nSPS) is 13.5. The predicted octanol–water partition coefficient (Wildman–Crippen LogP) is 2.23. The third kappa shape index (κ3) is 8.85. The summed E-state index contributed by atoms with van der Waals surface area (Å²) in [5, 5.41) is 15.8. The monoisotopic (exact) mass is 488 g/mol. The Morgan fingerprint density at radius 2 is 1.86 bits per heavy atom. The van der Waals surface area contributed by atoms with Gasteiger partial charge >= 0.3 is 6.09 Å². The molecule has 5 N–H and O–H groups in total. The number of aromatic hydroxyl groups is 1. The van der Waals surface area contributed by atoms with Crippen molar-refractivity contribution in [2.75, 3.05) is 0 Å². The van der Waals surface area contributed by atoms with E-state index in [1.54, 1.807) is 46.8 Å². The number of terminal acetylenes is 1. The number of phenolic OH excluding ortho intramolecular Hbond substituents is 1. The number of alkyl carbamates (subject to hydrolysis) is 1. The van der Waals surface area contributed by atoms with E-state index in [9.17, 15) is 24.3 Å². The standard InChI is InChI=1S/C25H36N4O6/c1-8-11-16(4)27-22(32)20(17-13-10-12-15(3)21(17)31)29(9-2)23(33)18(14-19(26)30)28-24(34)35-25(5,6)7/h2,10,12-13,16,18,20,31H,8,11,14H2,1,3-7H3,(H2,26,30)(H,27,32)(H,28,34). The van der Waals surface area contributed by atoms with Gasteiger partial charge in [-0.2, -0.15) is 0 Å². The van der Waals surface area contributed by atoms with Crippen LogP contribution < -0.4 is 16.4 Å². The van der Waals surface area contributed by atoms with E-state index < -0.39 is 47.9 Å². The van der Waals surface area contributed by atoms with Crippen LogP contribution in [0, 0.1) is 19.4 Å². The van der Waals surface area contributed by atoms with Gasteiger partial charge in [0.25, 0.3) is 5.91 Å². The first-order valence-electron chi connectivity index (χ1n) is 11.4. The van der Waals surface area contributed by atoms with Crippen LogP contribution in [0.2, 0.25) is 0 Å². The number of aryl methyl sites for hydroxylation is 1. The maximum atomic E-state index is 13.5. The summed E-state index contributed by atoms with van der Waals surface area (Å²) in [5.41, 5.74) is 4.97. The second-order valence-corrected chi connectivity index (χ2v) is 9.32. The van der Waals surface area contributed by atoms with Crippen LogP contribution in [0.25, 0.3) is 0 Å². The zero-order valence-electron chi connectivity index (χ0n) is 21.2. The lowest BCUT2D eigenvalue weighted by Gasteiger charge is -2.31. The first kappa shape index (κ1) is 29.3. The van der Waals surface area contributed by atoms with Gasteiger partial charge in [-0.1, -0.05) is 38.0 Å². The molecule has 3 atom stereocenters. The number of phenols is 1. The number of rotatable bonds is 10. The molecule has 0 spiro atoms. The van der Waals surface area contributed by atoms with Gasteiger partial charge < -0.3 is 26.2 Å². The van der Waals surface area contributed by atoms with Gasteiger partial charge in [-0.05, 0) is 46.6 Å². The average Bonchev–Trinajstić information content (AvgIpc) is 2.71. The highest BCUT2D eigenvalue weighted by atomic mass is 16.6. The molecule has 10 heteroatoms. The zero-order chi connectivity index (χ0) is 26.9. The number of carbonyl (C=O) groups is 4. The Bertz CT molecular complexity index is 979. The lowest BCUT2D eigenvalue weighted by molar-refractivity contribution is -0.139. The van der Waals surface area contributed by atoms with Gasteiger partial charge in [0, 0.05) is 17.6 Å². The first-order chi connectivity index (χ1) is 16.2. The SMILES string of the molecule is C#CN(C(=O)C(CC(N)=O)NC(=O)OC(C)(C)C)C(C(=O)NC(C)CCC)c1cccc(C)c1O. The summed E-state index contributed by atoms with van der Waals surface area (Å²) in [5.74, 6) is -2.67. The number of primary amides is 1. The fourth-order valence-corrected chi connectivity index (χ4v) is 3.41. The summed E-state index contributed by atoms with van der Waals surface area (Å²) in [6.07, 6.45) is 5.59. The number of para-hydroxylation sites is 1. The quantitative estimate of drug-likeness (QED) is 0.293. The summed E-state index contributed by atoms with van der Waals surface area (Å²) in [6, 6.07) is 3.71. The van der Waals surface area contributed by atoms with Crippen molar-refractivity contribution in [2.24, 2.45) is 5.73 Å². The molecule has 4 amide bonds. The van der Waals surface area contributed by atoms with Crippen LogP contribution in [0.5, 0.6) is 5.75 Å². The summed E-state index contributed by atoms with van der Waals surface area (Å²) in [4.78, 5) is 51.6. The molecule has 1 aromatic carbocycles. The van der Waals surface area contributed by atoms with Crippen LogP contribution in [-0.4, -0.2) is 51.5 Å². The molecule has 3 unspecified atom stereocenters. The molecule has 35 heavy (non-hydrogen) atoms. The maximum Gasteiger partial charge on any atom is 0.408 e. The second kappa shape index (κ2) is 12.6. The van der Waals surface area contributed by atoms with Gasteiger partial charge in [-0.25, -0.2) is 4.79 Å². The van der Waals surface area contributed by atoms with Crippen molar-refractivity contribution in [3.8, 4) is 18.2 Å². The van der Waals surface area contributed by atoms with Crippen LogP contribution in [0.1, 0.15) is 71.0 Å². The molecule has 0 radical (unpaired) electrons. The van der Waals surface area contributed by atoms with Gasteiger partial charge in [-0.3, -0.25) is 19.3 Å². The number of nitrogens with two attached hydrogens (primary N) is 1. The maximum absolute atomic E-state index is 13.5. The molecule has 0 aliphatic heterocycles. The molecule has 0 saturated carbocycles. The molecule has 0 aliphatic carbocycles. The number of ether oxygens (including phenoxy) is 1. The van der Waals surface area contributed by atoms with Crippen molar-refractivity contribution in [1.82, 2.24) is 15.5 Å². The minimum Gasteiger partial charge on any atom is -0.507 e. The van der Waals surface area contributed by atoms with Crippen LogP contribution in [0.15, 0.2) is 18.2 Å². The molecule has 0 aliphatic rings. The molecule has 0 aromatic heterocycles. The lowest BCUT2D eigenvalue weighted by Crippen LogP contribution is -2.53. The third-order valence-electron chi connectivity index (χ3n) is 4.95. The molecule has 0 bridgehead atoms. The molecule has 0 saturated heterocycles. The van der Waals surface area contributed by atoms with E-state index in [0.29, 0.717) is 12.0 Å². The van der Waals surface area contributed by atoms with E-state index in [1.165, 1.54) is 6.07 Å². The largest absolute Gasteiger partial charge is 0.507 e. The number of hydrogen-bond acceptors (Lipinski definition) is 6. The molecule has 1 aromatic rings. The van der Waals surface area contributed by atoms with E-state index in [4.69, 9.17) is 16.9 Å². The van der Waals surface area contributed by atoms with Crippen LogP contribution in [-0.2, 0) is 19.1 Å². The number of hydrogen-bond donors (Lipinski definition) is 4. The summed E-state index contributed by atoms with van der Waals surface area (Å²) in [7, 11) is 0. The number of amides is 4. The molecular formula is C25H36N4O6. The molecule has 0 heterocycles. The predicted molar refractivity (Wildman–Crippen MR) is 131 cm³/mol. The highest BCUT2D eigenvalue weighted by molar-refractivity contribution is 5.95. The number of nitrogens with zero attached hydrogens (tertiary/aromatic N) is 1. The van der Waals surface area contributed by atoms with Gasteiger partial charge in [0.15, 0.2) is 6.04 Å². The van der Waals surface area contributed by atoms with Crippen molar-refractivity contribution in [3.63, 3.8) is 0 Å². The molecular weight excluding hydrogens is 452 g/mol. The van der Waals surface area contributed by atoms with E-state index in [2.05, 4.69) is 16.7 Å². The Labute approximate surface area is 206 Å². The summed E-state index contributed by atoms with van der Waals surface area (Å²) in [6.45, 7) is 10.3. The van der Waals surface area contributed by atoms with Crippen LogP contribution in [0.4, 0.5) is 4.79 Å². The van der Waals surface area contributed by atoms with Crippen LogP contribution in [0.3, 0.4) is 0 Å². The fourth-order valence-electron chi connectivity index (χ4n) is 3.41. The lowest BCUT2D eigenvalue weighted by atomic mass is 9.99. The summed E-state index contributed by atoms with van der Waals surface area (Å²) < 4.78 is 5.18.